The summed E-state index contributed by atoms with van der Waals surface area (Å²) in [5.41, 5.74) is 3.07. The summed E-state index contributed by atoms with van der Waals surface area (Å²) in [7, 11) is 0. The van der Waals surface area contributed by atoms with Gasteiger partial charge in [-0.05, 0) is 19.4 Å². The van der Waals surface area contributed by atoms with E-state index in [-0.39, 0.29) is 5.76 Å². The van der Waals surface area contributed by atoms with Crippen LogP contribution in [0.1, 0.15) is 34.3 Å². The van der Waals surface area contributed by atoms with Crippen LogP contribution in [0.2, 0.25) is 0 Å². The van der Waals surface area contributed by atoms with E-state index in [4.69, 9.17) is 9.26 Å². The van der Waals surface area contributed by atoms with E-state index < -0.39 is 5.97 Å². The highest BCUT2D eigenvalue weighted by Crippen LogP contribution is 2.12. The number of carbonyl (C=O) groups is 1. The molecule has 1 heterocycles. The van der Waals surface area contributed by atoms with Crippen LogP contribution in [-0.2, 0) is 11.2 Å². The second kappa shape index (κ2) is 5.49. The van der Waals surface area contributed by atoms with Gasteiger partial charge in [-0.15, -0.1) is 0 Å². The maximum atomic E-state index is 11.4. The SMILES string of the molecule is CCOC(=O)c1cc(Cc2ccc(C)cc2)no1. The highest BCUT2D eigenvalue weighted by atomic mass is 16.6. The van der Waals surface area contributed by atoms with E-state index in [0.29, 0.717) is 13.0 Å². The van der Waals surface area contributed by atoms with Crippen LogP contribution in [0.4, 0.5) is 0 Å². The number of aromatic nitrogens is 1. The fourth-order valence-electron chi connectivity index (χ4n) is 1.61. The number of benzene rings is 1. The van der Waals surface area contributed by atoms with Gasteiger partial charge in [0.25, 0.3) is 0 Å². The van der Waals surface area contributed by atoms with E-state index in [9.17, 15) is 4.79 Å². The molecule has 0 N–H and O–H groups in total. The van der Waals surface area contributed by atoms with Gasteiger partial charge in [0.2, 0.25) is 5.76 Å². The summed E-state index contributed by atoms with van der Waals surface area (Å²) in [5, 5.41) is 3.86. The van der Waals surface area contributed by atoms with Gasteiger partial charge in [-0.3, -0.25) is 0 Å². The van der Waals surface area contributed by atoms with Crippen molar-refractivity contribution in [2.45, 2.75) is 20.3 Å². The molecule has 2 aromatic rings. The number of carbonyl (C=O) groups excluding carboxylic acids is 1. The lowest BCUT2D eigenvalue weighted by Gasteiger charge is -1.97. The van der Waals surface area contributed by atoms with E-state index >= 15 is 0 Å². The van der Waals surface area contributed by atoms with E-state index in [2.05, 4.69) is 5.16 Å². The molecule has 0 aliphatic rings. The standard InChI is InChI=1S/C14H15NO3/c1-3-17-14(16)13-9-12(15-18-13)8-11-6-4-10(2)5-7-11/h4-7,9H,3,8H2,1-2H3. The van der Waals surface area contributed by atoms with Crippen LogP contribution >= 0.6 is 0 Å². The van der Waals surface area contributed by atoms with Crippen molar-refractivity contribution >= 4 is 5.97 Å². The lowest BCUT2D eigenvalue weighted by molar-refractivity contribution is 0.0479. The van der Waals surface area contributed by atoms with Crippen molar-refractivity contribution in [3.05, 3.63) is 52.9 Å². The van der Waals surface area contributed by atoms with Crippen molar-refractivity contribution in [2.24, 2.45) is 0 Å². The van der Waals surface area contributed by atoms with Crippen LogP contribution in [0.5, 0.6) is 0 Å². The molecule has 4 nitrogen and oxygen atoms in total. The predicted molar refractivity (Wildman–Crippen MR) is 66.4 cm³/mol. The molecule has 0 saturated carbocycles. The minimum atomic E-state index is -0.472. The monoisotopic (exact) mass is 245 g/mol. The van der Waals surface area contributed by atoms with Gasteiger partial charge in [0.15, 0.2) is 0 Å². The number of ether oxygens (including phenoxy) is 1. The Kier molecular flexibility index (Phi) is 3.77. The molecule has 0 aliphatic heterocycles. The average Bonchev–Trinajstić information content (AvgIpc) is 2.81. The van der Waals surface area contributed by atoms with Crippen molar-refractivity contribution in [3.8, 4) is 0 Å². The molecule has 0 radical (unpaired) electrons. The Bertz CT molecular complexity index is 528. The number of rotatable bonds is 4. The highest BCUT2D eigenvalue weighted by molar-refractivity contribution is 5.86. The third-order valence-corrected chi connectivity index (χ3v) is 2.54. The quantitative estimate of drug-likeness (QED) is 0.777. The molecule has 0 aliphatic carbocycles. The van der Waals surface area contributed by atoms with Crippen molar-refractivity contribution in [2.75, 3.05) is 6.61 Å². The Morgan fingerprint density at radius 1 is 1.33 bits per heavy atom. The summed E-state index contributed by atoms with van der Waals surface area (Å²) in [4.78, 5) is 11.4. The number of hydrogen-bond acceptors (Lipinski definition) is 4. The molecule has 0 atom stereocenters. The Hall–Kier alpha value is -2.10. The van der Waals surface area contributed by atoms with Crippen LogP contribution in [0.25, 0.3) is 0 Å². The summed E-state index contributed by atoms with van der Waals surface area (Å²) in [5.74, 6) is -0.320. The molecule has 0 fully saturated rings. The summed E-state index contributed by atoms with van der Waals surface area (Å²) < 4.78 is 9.78. The topological polar surface area (TPSA) is 52.3 Å². The maximum Gasteiger partial charge on any atom is 0.377 e. The Balaban J connectivity index is 2.06. The summed E-state index contributed by atoms with van der Waals surface area (Å²) in [6.45, 7) is 4.12. The molecule has 18 heavy (non-hydrogen) atoms. The highest BCUT2D eigenvalue weighted by Gasteiger charge is 2.13. The van der Waals surface area contributed by atoms with Crippen LogP contribution in [0.15, 0.2) is 34.9 Å². The first-order chi connectivity index (χ1) is 8.69. The fraction of sp³-hybridized carbons (Fsp3) is 0.286. The van der Waals surface area contributed by atoms with E-state index in [1.807, 2.05) is 31.2 Å². The van der Waals surface area contributed by atoms with Crippen molar-refractivity contribution in [3.63, 3.8) is 0 Å². The van der Waals surface area contributed by atoms with Gasteiger partial charge in [-0.25, -0.2) is 4.79 Å². The molecule has 0 bridgehead atoms. The van der Waals surface area contributed by atoms with Gasteiger partial charge in [-0.2, -0.15) is 0 Å². The summed E-state index contributed by atoms with van der Waals surface area (Å²) >= 11 is 0. The number of hydrogen-bond donors (Lipinski definition) is 0. The van der Waals surface area contributed by atoms with E-state index in [0.717, 1.165) is 11.3 Å². The third-order valence-electron chi connectivity index (χ3n) is 2.54. The van der Waals surface area contributed by atoms with Gasteiger partial charge in [0.05, 0.1) is 12.3 Å². The largest absolute Gasteiger partial charge is 0.460 e. The zero-order valence-electron chi connectivity index (χ0n) is 10.5. The zero-order valence-corrected chi connectivity index (χ0v) is 10.5. The smallest absolute Gasteiger partial charge is 0.377 e. The predicted octanol–water partition coefficient (Wildman–Crippen LogP) is 2.75. The normalized spacial score (nSPS) is 10.3. The van der Waals surface area contributed by atoms with Crippen LogP contribution in [-0.4, -0.2) is 17.7 Å². The number of esters is 1. The van der Waals surface area contributed by atoms with Gasteiger partial charge in [0.1, 0.15) is 0 Å². The van der Waals surface area contributed by atoms with E-state index in [1.54, 1.807) is 13.0 Å². The minimum Gasteiger partial charge on any atom is -0.460 e. The summed E-state index contributed by atoms with van der Waals surface area (Å²) in [6.07, 6.45) is 0.642. The Morgan fingerprint density at radius 3 is 2.72 bits per heavy atom. The molecule has 1 aromatic heterocycles. The Labute approximate surface area is 106 Å². The molecular weight excluding hydrogens is 230 g/mol. The lowest BCUT2D eigenvalue weighted by atomic mass is 10.1. The van der Waals surface area contributed by atoms with Crippen molar-refractivity contribution < 1.29 is 14.1 Å². The molecule has 0 amide bonds. The molecule has 0 unspecified atom stereocenters. The lowest BCUT2D eigenvalue weighted by Crippen LogP contribution is -2.02. The van der Waals surface area contributed by atoms with Gasteiger partial charge in [0, 0.05) is 12.5 Å². The number of nitrogens with zero attached hydrogens (tertiary/aromatic N) is 1. The Morgan fingerprint density at radius 2 is 2.06 bits per heavy atom. The van der Waals surface area contributed by atoms with Gasteiger partial charge < -0.3 is 9.26 Å². The second-order valence-electron chi connectivity index (χ2n) is 4.07. The molecular formula is C14H15NO3. The van der Waals surface area contributed by atoms with Crippen molar-refractivity contribution in [1.82, 2.24) is 5.16 Å². The molecule has 1 aromatic carbocycles. The van der Waals surface area contributed by atoms with Crippen LogP contribution in [0.3, 0.4) is 0 Å². The summed E-state index contributed by atoms with van der Waals surface area (Å²) in [6, 6.07) is 9.78. The fourth-order valence-corrected chi connectivity index (χ4v) is 1.61. The first-order valence-electron chi connectivity index (χ1n) is 5.87. The van der Waals surface area contributed by atoms with Crippen LogP contribution in [0, 0.1) is 6.92 Å². The molecule has 0 spiro atoms. The van der Waals surface area contributed by atoms with E-state index in [1.165, 1.54) is 5.56 Å². The second-order valence-corrected chi connectivity index (χ2v) is 4.07. The van der Waals surface area contributed by atoms with Crippen molar-refractivity contribution in [1.29, 1.82) is 0 Å². The molecule has 4 heteroatoms. The minimum absolute atomic E-state index is 0.152. The maximum absolute atomic E-state index is 11.4. The van der Waals surface area contributed by atoms with Crippen LogP contribution < -0.4 is 0 Å². The number of aryl methyl sites for hydroxylation is 1. The first-order valence-corrected chi connectivity index (χ1v) is 5.87. The zero-order chi connectivity index (χ0) is 13.0. The van der Waals surface area contributed by atoms with Gasteiger partial charge >= 0.3 is 5.97 Å². The van der Waals surface area contributed by atoms with Gasteiger partial charge in [-0.1, -0.05) is 35.0 Å². The molecule has 0 saturated heterocycles. The molecule has 2 rings (SSSR count). The first kappa shape index (κ1) is 12.4. The third kappa shape index (κ3) is 2.97. The molecule has 94 valence electrons. The average molecular weight is 245 g/mol.